The quantitative estimate of drug-likeness (QED) is 0.0255. The molecule has 0 saturated carbocycles. The second kappa shape index (κ2) is 56.1. The molecule has 0 radical (unpaired) electrons. The second-order valence-electron chi connectivity index (χ2n) is 34.2. The van der Waals surface area contributed by atoms with Crippen LogP contribution in [0, 0.1) is 0 Å². The van der Waals surface area contributed by atoms with Gasteiger partial charge in [-0.05, 0) is 34.6 Å². The van der Waals surface area contributed by atoms with Gasteiger partial charge in [-0.25, -0.2) is 0 Å². The zero-order valence-electron chi connectivity index (χ0n) is 77.7. The van der Waals surface area contributed by atoms with Crippen LogP contribution in [-0.2, 0) is 147 Å². The topological polar surface area (TPSA) is 895 Å². The number of esters is 8. The van der Waals surface area contributed by atoms with Crippen molar-refractivity contribution in [2.24, 2.45) is 0 Å². The van der Waals surface area contributed by atoms with Crippen molar-refractivity contribution < 1.29 is 285 Å². The van der Waals surface area contributed by atoms with Gasteiger partial charge in [0, 0.05) is 55.4 Å². The number of aliphatic hydroxyl groups excluding tert-OH is 27. The van der Waals surface area contributed by atoms with Gasteiger partial charge in [0.1, 0.15) is 297 Å². The fourth-order valence-corrected chi connectivity index (χ4v) is 15.3. The van der Waals surface area contributed by atoms with Crippen molar-refractivity contribution in [1.82, 2.24) is 0 Å². The molecule has 139 heavy (non-hydrogen) atoms. The number of rotatable bonds is 28. The predicted molar refractivity (Wildman–Crippen MR) is 437 cm³/mol. The molecule has 0 aromatic carbocycles. The zero-order chi connectivity index (χ0) is 105. The summed E-state index contributed by atoms with van der Waals surface area (Å²) in [6, 6.07) is 0. The Morgan fingerprint density at radius 3 is 0.597 bits per heavy atom. The molecule has 0 aromatic rings. The van der Waals surface area contributed by atoms with Crippen molar-refractivity contribution in [3.8, 4) is 0 Å². The van der Waals surface area contributed by atoms with Gasteiger partial charge in [-0.2, -0.15) is 0 Å². The van der Waals surface area contributed by atoms with Crippen molar-refractivity contribution in [3.63, 3.8) is 0 Å². The Balaban J connectivity index is 0.000000267. The van der Waals surface area contributed by atoms with E-state index in [9.17, 15) is 176 Å². The van der Waals surface area contributed by atoms with Crippen LogP contribution in [0.3, 0.4) is 0 Å². The summed E-state index contributed by atoms with van der Waals surface area (Å²) in [5.74, 6) is -4.95. The van der Waals surface area contributed by atoms with Crippen LogP contribution < -0.4 is 0 Å². The van der Waals surface area contributed by atoms with Crippen LogP contribution in [-0.4, -0.2) is 558 Å². The zero-order valence-corrected chi connectivity index (χ0v) is 77.7. The molecule has 10 aliphatic rings. The van der Waals surface area contributed by atoms with Gasteiger partial charge in [-0.1, -0.05) is 0 Å². The lowest BCUT2D eigenvalue weighted by molar-refractivity contribution is -0.341. The molecule has 50 atom stereocenters. The Morgan fingerprint density at radius 2 is 0.345 bits per heavy atom. The highest BCUT2D eigenvalue weighted by Gasteiger charge is 2.57. The Hall–Kier alpha value is -5.92. The van der Waals surface area contributed by atoms with Gasteiger partial charge in [-0.15, -0.1) is 0 Å². The molecule has 58 nitrogen and oxygen atoms in total. The van der Waals surface area contributed by atoms with Gasteiger partial charge in [0.05, 0.1) is 43.7 Å². The molecule has 0 bridgehead atoms. The first kappa shape index (κ1) is 122. The first-order valence-electron chi connectivity index (χ1n) is 44.0. The average molecular weight is 2040 g/mol. The summed E-state index contributed by atoms with van der Waals surface area (Å²) in [6.07, 6.45) is -67.7. The predicted octanol–water partition coefficient (Wildman–Crippen LogP) is -17.1. The Bertz CT molecular complexity index is 3630. The van der Waals surface area contributed by atoms with Crippen LogP contribution in [0.5, 0.6) is 0 Å². The van der Waals surface area contributed by atoms with Crippen LogP contribution >= 0.6 is 0 Å². The number of carbonyl (C=O) groups is 8. The summed E-state index contributed by atoms with van der Waals surface area (Å²) < 4.78 is 120. The van der Waals surface area contributed by atoms with Crippen molar-refractivity contribution >= 4 is 47.8 Å². The lowest BCUT2D eigenvalue weighted by Crippen LogP contribution is -2.64. The maximum atomic E-state index is 11.1. The van der Waals surface area contributed by atoms with Crippen molar-refractivity contribution in [2.45, 2.75) is 396 Å². The summed E-state index contributed by atoms with van der Waals surface area (Å²) >= 11 is 0. The highest BCUT2D eigenvalue weighted by Crippen LogP contribution is 2.37. The minimum Gasteiger partial charge on any atom is -0.463 e. The standard InChI is InChI=1S/3C17H28O12.2C15H26O11/c1-6-16(14(23)12(21)9(27-6)4-25-7(2)18)29-17-15(24)13(22)11(20)10(28-17)5-26-8(3)19;2*1-6-11(20)14(23)16(10(27-6)5-26-8(3)19)29-17-15(24)13(22)12(21)9(28-17)4-25-7(2)18;1-5-9(17)12(20)10(18)7(25-5)4-24-15-14(22)13(21)11(19)8(26-15)3-23-6(2)16;1-5-9(18)12(21)14(7(3-16)24-5)26-15-13(22)11(20)10(19)8(25-15)4-23-6(2)17/h3*6,9-17,20-24H,4-5H2,1-3H3;5,7-15,17-22H,3-4H2,1-2H3;5,7-16,18-22H,3-4H2,1-2H3/t6-,9?,10?,11-,12-,13+,14+,15?,16?,17+;2*6?,9?,10?,11?,12-,13+,14-,15?,16-,17+;5?,7?,8?,9?,10-,11-,12-,13+,14?,15+;5?,7?,8?,9?,10-,11-,12+,13?,14+,15-/m11110/s1. The highest BCUT2D eigenvalue weighted by molar-refractivity contribution is 5.68. The van der Waals surface area contributed by atoms with Crippen LogP contribution in [0.15, 0.2) is 0 Å². The minimum atomic E-state index is -1.73. The van der Waals surface area contributed by atoms with Gasteiger partial charge < -0.3 is 247 Å². The van der Waals surface area contributed by atoms with Crippen molar-refractivity contribution in [1.29, 1.82) is 0 Å². The monoisotopic (exact) mass is 2040 g/mol. The highest BCUT2D eigenvalue weighted by atomic mass is 16.8. The molecule has 10 heterocycles. The van der Waals surface area contributed by atoms with Gasteiger partial charge in [0.15, 0.2) is 31.5 Å². The number of hydrogen-bond acceptors (Lipinski definition) is 58. The van der Waals surface area contributed by atoms with E-state index in [0.29, 0.717) is 0 Å². The van der Waals surface area contributed by atoms with E-state index in [4.69, 9.17) is 109 Å². The second-order valence-corrected chi connectivity index (χ2v) is 34.2. The first-order chi connectivity index (χ1) is 64.9. The molecule has 24 unspecified atom stereocenters. The molecule has 10 rings (SSSR count). The van der Waals surface area contributed by atoms with Crippen LogP contribution in [0.4, 0.5) is 0 Å². The molecule has 10 saturated heterocycles. The van der Waals surface area contributed by atoms with E-state index in [2.05, 4.69) is 0 Å². The van der Waals surface area contributed by atoms with Crippen molar-refractivity contribution in [2.75, 3.05) is 66.1 Å². The molecular formula is C81H136O58. The molecule has 0 spiro atoms. The molecule has 0 aromatic heterocycles. The number of ether oxygens (including phenoxy) is 23. The van der Waals surface area contributed by atoms with Gasteiger partial charge >= 0.3 is 47.8 Å². The van der Waals surface area contributed by atoms with E-state index >= 15 is 0 Å². The van der Waals surface area contributed by atoms with Gasteiger partial charge in [0.25, 0.3) is 0 Å². The Labute approximate surface area is 792 Å². The third-order valence-corrected chi connectivity index (χ3v) is 23.4. The van der Waals surface area contributed by atoms with Gasteiger partial charge in [0.2, 0.25) is 0 Å². The molecule has 27 N–H and O–H groups in total. The van der Waals surface area contributed by atoms with E-state index in [-0.39, 0.29) is 33.0 Å². The van der Waals surface area contributed by atoms with E-state index < -0.39 is 387 Å². The summed E-state index contributed by atoms with van der Waals surface area (Å²) in [5.41, 5.74) is 0. The van der Waals surface area contributed by atoms with Crippen LogP contribution in [0.1, 0.15) is 90.0 Å². The molecule has 0 aliphatic carbocycles. The Kier molecular flexibility index (Phi) is 49.2. The maximum absolute atomic E-state index is 11.1. The van der Waals surface area contributed by atoms with E-state index in [0.717, 1.165) is 34.6 Å². The van der Waals surface area contributed by atoms with E-state index in [1.54, 1.807) is 0 Å². The van der Waals surface area contributed by atoms with E-state index in [1.165, 1.54) is 55.4 Å². The molecule has 808 valence electrons. The normalized spacial score (nSPS) is 44.3. The number of aliphatic hydroxyl groups is 27. The average Bonchev–Trinajstić information content (AvgIpc) is 0.793. The lowest BCUT2D eigenvalue weighted by Gasteiger charge is -2.45. The third-order valence-electron chi connectivity index (χ3n) is 23.4. The molecular weight excluding hydrogens is 1900 g/mol. The van der Waals surface area contributed by atoms with Crippen LogP contribution in [0.2, 0.25) is 0 Å². The summed E-state index contributed by atoms with van der Waals surface area (Å²) in [6.45, 7) is 13.1. The first-order valence-corrected chi connectivity index (χ1v) is 44.0. The minimum absolute atomic E-state index is 0.275. The van der Waals surface area contributed by atoms with Gasteiger partial charge in [-0.3, -0.25) is 38.4 Å². The third kappa shape index (κ3) is 33.8. The smallest absolute Gasteiger partial charge is 0.302 e. The summed E-state index contributed by atoms with van der Waals surface area (Å²) in [4.78, 5) is 87.9. The molecule has 0 amide bonds. The summed E-state index contributed by atoms with van der Waals surface area (Å²) in [5, 5.41) is 271. The fraction of sp³-hybridized carbons (Fsp3) is 0.901. The maximum Gasteiger partial charge on any atom is 0.302 e. The van der Waals surface area contributed by atoms with Crippen molar-refractivity contribution in [3.05, 3.63) is 0 Å². The molecule has 10 fully saturated rings. The van der Waals surface area contributed by atoms with E-state index in [1.807, 2.05) is 0 Å². The SMILES string of the molecule is CC(=O)OCC1O[C@@H](OC2[C@@H](O)[C@H](O)C(COC(C)=O)O[C@@H]2C)C(O)[C@@H](O)[C@@H]1O.CC(=O)OCC1O[C@@H](O[C@@H]2C(CO)OC(C)C(O)[C@H]2O)C(O)[C@@H](O)[C@H]1O.CC(=O)OCC1O[C@@H](O[C@@H]2C(COC(C)=O)OC(C)C(O)[C@H]2O)C(O)[C@@H](O)[C@@H]1O.CC(=O)OCC1O[C@@H](O[C@@H]2C(COC(C)=O)OC(C)C(O)[C@H]2O)C(O)[C@@H](O)[C@@H]1O.CC(=O)OCC1O[C@H](OCC2OC(C)C(O)[C@@H](O)[C@@H]2O)C(O)[C@@H](O)[C@@H]1O. The molecule has 58 heteroatoms. The largest absolute Gasteiger partial charge is 0.463 e. The van der Waals surface area contributed by atoms with Crippen LogP contribution in [0.25, 0.3) is 0 Å². The number of hydrogen-bond donors (Lipinski definition) is 27. The molecule has 10 aliphatic heterocycles. The lowest BCUT2D eigenvalue weighted by atomic mass is 9.95. The summed E-state index contributed by atoms with van der Waals surface area (Å²) in [7, 11) is 0. The fourth-order valence-electron chi connectivity index (χ4n) is 15.3. The number of carbonyl (C=O) groups excluding carboxylic acids is 8. The Morgan fingerprint density at radius 1 is 0.180 bits per heavy atom.